The maximum Gasteiger partial charge on any atom is 0.162 e. The first-order valence-corrected chi connectivity index (χ1v) is 4.90. The van der Waals surface area contributed by atoms with Gasteiger partial charge in [0.1, 0.15) is 0 Å². The number of rotatable bonds is 3. The van der Waals surface area contributed by atoms with Crippen molar-refractivity contribution in [2.24, 2.45) is 5.84 Å². The molecule has 0 aliphatic heterocycles. The van der Waals surface area contributed by atoms with Crippen molar-refractivity contribution >= 4 is 17.3 Å². The minimum Gasteiger partial charge on any atom is -0.328 e. The Hall–Kier alpha value is -2.14. The molecule has 0 fully saturated rings. The average Bonchev–Trinajstić information content (AvgIpc) is 2.39. The van der Waals surface area contributed by atoms with Crippen LogP contribution in [0.3, 0.4) is 0 Å². The summed E-state index contributed by atoms with van der Waals surface area (Å²) in [7, 11) is 1.94. The fraction of sp³-hybridized carbons (Fsp3) is 0.0909. The summed E-state index contributed by atoms with van der Waals surface area (Å²) in [5.74, 6) is 6.54. The lowest BCUT2D eigenvalue weighted by Gasteiger charge is -2.17. The number of nitrogen functional groups attached to an aromatic ring is 1. The molecule has 82 valence electrons. The summed E-state index contributed by atoms with van der Waals surface area (Å²) < 4.78 is 0. The highest BCUT2D eigenvalue weighted by atomic mass is 15.3. The van der Waals surface area contributed by atoms with Gasteiger partial charge in [0.15, 0.2) is 11.6 Å². The Morgan fingerprint density at radius 2 is 1.81 bits per heavy atom. The van der Waals surface area contributed by atoms with E-state index in [0.29, 0.717) is 5.82 Å². The van der Waals surface area contributed by atoms with Crippen LogP contribution in [0, 0.1) is 0 Å². The fourth-order valence-electron chi connectivity index (χ4n) is 1.36. The standard InChI is InChI=1S/C11H13N5/c1-16(9-5-3-2-4-6-9)11-8-7-10(13-12)14-15-11/h2-8H,12H2,1H3,(H,13,14). The summed E-state index contributed by atoms with van der Waals surface area (Å²) in [6.45, 7) is 0. The number of aromatic nitrogens is 2. The zero-order valence-electron chi connectivity index (χ0n) is 8.96. The first-order valence-electron chi connectivity index (χ1n) is 4.90. The summed E-state index contributed by atoms with van der Waals surface area (Å²) in [6.07, 6.45) is 0. The van der Waals surface area contributed by atoms with E-state index in [1.807, 2.05) is 48.3 Å². The van der Waals surface area contributed by atoms with E-state index >= 15 is 0 Å². The molecular weight excluding hydrogens is 202 g/mol. The van der Waals surface area contributed by atoms with Gasteiger partial charge in [-0.15, -0.1) is 10.2 Å². The minimum absolute atomic E-state index is 0.546. The Kier molecular flexibility index (Phi) is 2.98. The molecule has 0 aliphatic rings. The van der Waals surface area contributed by atoms with E-state index in [2.05, 4.69) is 15.6 Å². The molecule has 0 saturated heterocycles. The summed E-state index contributed by atoms with van der Waals surface area (Å²) in [4.78, 5) is 1.95. The molecule has 16 heavy (non-hydrogen) atoms. The Labute approximate surface area is 93.9 Å². The number of nitrogens with zero attached hydrogens (tertiary/aromatic N) is 3. The highest BCUT2D eigenvalue weighted by Crippen LogP contribution is 2.20. The zero-order chi connectivity index (χ0) is 11.4. The fourth-order valence-corrected chi connectivity index (χ4v) is 1.36. The van der Waals surface area contributed by atoms with Crippen molar-refractivity contribution in [3.05, 3.63) is 42.5 Å². The van der Waals surface area contributed by atoms with E-state index in [-0.39, 0.29) is 0 Å². The largest absolute Gasteiger partial charge is 0.328 e. The zero-order valence-corrected chi connectivity index (χ0v) is 8.96. The van der Waals surface area contributed by atoms with Gasteiger partial charge in [-0.05, 0) is 24.3 Å². The van der Waals surface area contributed by atoms with Crippen molar-refractivity contribution < 1.29 is 0 Å². The molecule has 2 aromatic rings. The van der Waals surface area contributed by atoms with Gasteiger partial charge in [0.05, 0.1) is 0 Å². The van der Waals surface area contributed by atoms with Gasteiger partial charge in [-0.1, -0.05) is 18.2 Å². The molecule has 0 atom stereocenters. The number of benzene rings is 1. The van der Waals surface area contributed by atoms with Crippen molar-refractivity contribution in [1.29, 1.82) is 0 Å². The van der Waals surface area contributed by atoms with E-state index in [0.717, 1.165) is 11.5 Å². The van der Waals surface area contributed by atoms with Crippen LogP contribution >= 0.6 is 0 Å². The van der Waals surface area contributed by atoms with Crippen LogP contribution in [0.1, 0.15) is 0 Å². The molecule has 3 N–H and O–H groups in total. The third kappa shape index (κ3) is 2.09. The van der Waals surface area contributed by atoms with Crippen LogP contribution in [0.5, 0.6) is 0 Å². The third-order valence-corrected chi connectivity index (χ3v) is 2.29. The minimum atomic E-state index is 0.546. The van der Waals surface area contributed by atoms with Gasteiger partial charge in [0, 0.05) is 12.7 Å². The van der Waals surface area contributed by atoms with Crippen LogP contribution in [0.4, 0.5) is 17.3 Å². The number of hydrazine groups is 1. The molecule has 0 amide bonds. The molecule has 0 radical (unpaired) electrons. The molecule has 5 nitrogen and oxygen atoms in total. The normalized spacial score (nSPS) is 9.88. The number of hydrogen-bond donors (Lipinski definition) is 2. The first kappa shape index (κ1) is 10.4. The predicted octanol–water partition coefficient (Wildman–Crippen LogP) is 1.53. The molecule has 1 heterocycles. The Morgan fingerprint density at radius 1 is 1.06 bits per heavy atom. The van der Waals surface area contributed by atoms with Crippen LogP contribution in [0.15, 0.2) is 42.5 Å². The Morgan fingerprint density at radius 3 is 2.38 bits per heavy atom. The first-order chi connectivity index (χ1) is 7.81. The third-order valence-electron chi connectivity index (χ3n) is 2.29. The maximum atomic E-state index is 5.22. The molecule has 0 bridgehead atoms. The summed E-state index contributed by atoms with van der Waals surface area (Å²) >= 11 is 0. The van der Waals surface area contributed by atoms with Crippen LogP contribution in [0.2, 0.25) is 0 Å². The molecule has 0 unspecified atom stereocenters. The lowest BCUT2D eigenvalue weighted by Crippen LogP contribution is -2.13. The van der Waals surface area contributed by atoms with Crippen molar-refractivity contribution in [2.45, 2.75) is 0 Å². The van der Waals surface area contributed by atoms with Crippen LogP contribution in [-0.4, -0.2) is 17.2 Å². The van der Waals surface area contributed by atoms with Crippen molar-refractivity contribution in [3.63, 3.8) is 0 Å². The SMILES string of the molecule is CN(c1ccccc1)c1ccc(NN)nn1. The molecule has 1 aromatic carbocycles. The lowest BCUT2D eigenvalue weighted by molar-refractivity contribution is 0.982. The molecular formula is C11H13N5. The average molecular weight is 215 g/mol. The molecule has 2 rings (SSSR count). The number of nitrogens with two attached hydrogens (primary N) is 1. The summed E-state index contributed by atoms with van der Waals surface area (Å²) in [5, 5.41) is 7.98. The second-order valence-electron chi connectivity index (χ2n) is 3.32. The molecule has 0 aliphatic carbocycles. The predicted molar refractivity (Wildman–Crippen MR) is 64.3 cm³/mol. The van der Waals surface area contributed by atoms with Crippen molar-refractivity contribution in [1.82, 2.24) is 10.2 Å². The van der Waals surface area contributed by atoms with Crippen LogP contribution < -0.4 is 16.2 Å². The van der Waals surface area contributed by atoms with Gasteiger partial charge in [-0.2, -0.15) is 0 Å². The van der Waals surface area contributed by atoms with Crippen molar-refractivity contribution in [3.8, 4) is 0 Å². The topological polar surface area (TPSA) is 67.1 Å². The molecule has 0 saturated carbocycles. The quantitative estimate of drug-likeness (QED) is 0.600. The van der Waals surface area contributed by atoms with E-state index < -0.39 is 0 Å². The van der Waals surface area contributed by atoms with E-state index in [4.69, 9.17) is 5.84 Å². The van der Waals surface area contributed by atoms with Gasteiger partial charge in [0.2, 0.25) is 0 Å². The van der Waals surface area contributed by atoms with E-state index in [1.165, 1.54) is 0 Å². The monoisotopic (exact) mass is 215 g/mol. The Balaban J connectivity index is 2.24. The summed E-state index contributed by atoms with van der Waals surface area (Å²) in [5.41, 5.74) is 3.50. The van der Waals surface area contributed by atoms with Crippen LogP contribution in [-0.2, 0) is 0 Å². The van der Waals surface area contributed by atoms with Gasteiger partial charge >= 0.3 is 0 Å². The maximum absolute atomic E-state index is 5.22. The number of para-hydroxylation sites is 1. The van der Waals surface area contributed by atoms with Gasteiger partial charge in [0.25, 0.3) is 0 Å². The van der Waals surface area contributed by atoms with Gasteiger partial charge < -0.3 is 10.3 Å². The molecule has 0 spiro atoms. The lowest BCUT2D eigenvalue weighted by atomic mass is 10.3. The van der Waals surface area contributed by atoms with Crippen LogP contribution in [0.25, 0.3) is 0 Å². The Bertz CT molecular complexity index is 440. The second kappa shape index (κ2) is 4.59. The molecule has 5 heteroatoms. The smallest absolute Gasteiger partial charge is 0.162 e. The number of hydrogen-bond acceptors (Lipinski definition) is 5. The highest BCUT2D eigenvalue weighted by molar-refractivity contribution is 5.59. The van der Waals surface area contributed by atoms with E-state index in [9.17, 15) is 0 Å². The summed E-state index contributed by atoms with van der Waals surface area (Å²) in [6, 6.07) is 13.6. The van der Waals surface area contributed by atoms with Crippen molar-refractivity contribution in [2.75, 3.05) is 17.4 Å². The number of anilines is 3. The molecule has 1 aromatic heterocycles. The van der Waals surface area contributed by atoms with E-state index in [1.54, 1.807) is 6.07 Å². The number of nitrogens with one attached hydrogen (secondary N) is 1. The van der Waals surface area contributed by atoms with Gasteiger partial charge in [-0.25, -0.2) is 5.84 Å². The van der Waals surface area contributed by atoms with Gasteiger partial charge in [-0.3, -0.25) is 0 Å². The highest BCUT2D eigenvalue weighted by Gasteiger charge is 2.04. The second-order valence-corrected chi connectivity index (χ2v) is 3.32.